The van der Waals surface area contributed by atoms with Crippen molar-refractivity contribution in [3.63, 3.8) is 0 Å². The van der Waals surface area contributed by atoms with Gasteiger partial charge in [0.25, 0.3) is 11.8 Å². The molecular weight excluding hydrogens is 354 g/mol. The third kappa shape index (κ3) is 4.54. The van der Waals surface area contributed by atoms with Gasteiger partial charge in [-0.05, 0) is 50.4 Å². The smallest absolute Gasteiger partial charge is 0.256 e. The Morgan fingerprint density at radius 3 is 2.29 bits per heavy atom. The van der Waals surface area contributed by atoms with Crippen molar-refractivity contribution >= 4 is 11.8 Å². The summed E-state index contributed by atoms with van der Waals surface area (Å²) >= 11 is 0. The Hall–Kier alpha value is -2.37. The summed E-state index contributed by atoms with van der Waals surface area (Å²) in [6, 6.07) is -0.0891. The topological polar surface area (TPSA) is 80.2 Å². The van der Waals surface area contributed by atoms with Crippen molar-refractivity contribution in [3.8, 4) is 0 Å². The van der Waals surface area contributed by atoms with Gasteiger partial charge in [0.2, 0.25) is 5.43 Å². The van der Waals surface area contributed by atoms with Crippen LogP contribution in [-0.4, -0.2) is 29.0 Å². The van der Waals surface area contributed by atoms with E-state index >= 15 is 0 Å². The quantitative estimate of drug-likeness (QED) is 0.708. The normalized spacial score (nSPS) is 22.9. The predicted molar refractivity (Wildman–Crippen MR) is 109 cm³/mol. The number of carbonyl (C=O) groups excluding carboxylic acids is 2. The van der Waals surface area contributed by atoms with Crippen LogP contribution in [0.4, 0.5) is 0 Å². The molecule has 2 N–H and O–H groups in total. The van der Waals surface area contributed by atoms with E-state index in [-0.39, 0.29) is 17.2 Å². The Kier molecular flexibility index (Phi) is 6.06. The maximum absolute atomic E-state index is 12.8. The van der Waals surface area contributed by atoms with E-state index in [0.29, 0.717) is 36.8 Å². The maximum atomic E-state index is 12.8. The SMILES string of the molecule is CC(C)Cn1cc(C(=O)NC[C@H]2C[C@@H]3C=C[C@H]2C3)c(=O)c(C(=O)NC(C)C)c1. The van der Waals surface area contributed by atoms with Crippen LogP contribution < -0.4 is 16.1 Å². The van der Waals surface area contributed by atoms with Crippen LogP contribution in [0.3, 0.4) is 0 Å². The van der Waals surface area contributed by atoms with Crippen LogP contribution in [0.25, 0.3) is 0 Å². The fourth-order valence-electron chi connectivity index (χ4n) is 4.27. The molecule has 1 heterocycles. The molecule has 1 aromatic heterocycles. The monoisotopic (exact) mass is 385 g/mol. The number of hydrogen-bond acceptors (Lipinski definition) is 3. The van der Waals surface area contributed by atoms with E-state index in [9.17, 15) is 14.4 Å². The summed E-state index contributed by atoms with van der Waals surface area (Å²) < 4.78 is 1.77. The van der Waals surface area contributed by atoms with Crippen LogP contribution in [0, 0.1) is 23.7 Å². The Balaban J connectivity index is 1.81. The third-order valence-corrected chi connectivity index (χ3v) is 5.51. The van der Waals surface area contributed by atoms with Crippen molar-refractivity contribution in [1.29, 1.82) is 0 Å². The molecule has 3 rings (SSSR count). The molecule has 0 aliphatic heterocycles. The zero-order valence-electron chi connectivity index (χ0n) is 17.2. The van der Waals surface area contributed by atoms with Crippen molar-refractivity contribution in [3.05, 3.63) is 45.9 Å². The fourth-order valence-corrected chi connectivity index (χ4v) is 4.27. The molecule has 0 aromatic carbocycles. The van der Waals surface area contributed by atoms with Crippen molar-refractivity contribution in [2.24, 2.45) is 23.7 Å². The van der Waals surface area contributed by atoms with Gasteiger partial charge in [-0.3, -0.25) is 14.4 Å². The number of pyridine rings is 1. The summed E-state index contributed by atoms with van der Waals surface area (Å²) in [6.07, 6.45) is 9.91. The first-order valence-electron chi connectivity index (χ1n) is 10.3. The van der Waals surface area contributed by atoms with Gasteiger partial charge in [0, 0.05) is 31.5 Å². The van der Waals surface area contributed by atoms with Crippen molar-refractivity contribution in [1.82, 2.24) is 15.2 Å². The minimum Gasteiger partial charge on any atom is -0.352 e. The van der Waals surface area contributed by atoms with Gasteiger partial charge < -0.3 is 15.2 Å². The molecule has 1 saturated carbocycles. The second-order valence-corrected chi connectivity index (χ2v) is 8.88. The molecule has 6 heteroatoms. The largest absolute Gasteiger partial charge is 0.352 e. The van der Waals surface area contributed by atoms with Crippen LogP contribution in [0.15, 0.2) is 29.3 Å². The number of amides is 2. The summed E-state index contributed by atoms with van der Waals surface area (Å²) in [5.74, 6) is 1.09. The fraction of sp³-hybridized carbons (Fsp3) is 0.591. The predicted octanol–water partition coefficient (Wildman–Crippen LogP) is 2.58. The van der Waals surface area contributed by atoms with Gasteiger partial charge in [0.05, 0.1) is 0 Å². The number of aromatic nitrogens is 1. The van der Waals surface area contributed by atoms with E-state index in [4.69, 9.17) is 0 Å². The minimum atomic E-state index is -0.511. The second kappa shape index (κ2) is 8.33. The zero-order chi connectivity index (χ0) is 20.4. The van der Waals surface area contributed by atoms with Crippen molar-refractivity contribution in [2.75, 3.05) is 6.54 Å². The number of hydrogen-bond donors (Lipinski definition) is 2. The van der Waals surface area contributed by atoms with E-state index < -0.39 is 17.2 Å². The van der Waals surface area contributed by atoms with Gasteiger partial charge in [0.1, 0.15) is 11.1 Å². The second-order valence-electron chi connectivity index (χ2n) is 8.88. The van der Waals surface area contributed by atoms with Crippen LogP contribution in [0.2, 0.25) is 0 Å². The molecule has 0 saturated heterocycles. The third-order valence-electron chi connectivity index (χ3n) is 5.51. The van der Waals surface area contributed by atoms with Gasteiger partial charge in [-0.15, -0.1) is 0 Å². The van der Waals surface area contributed by atoms with E-state index in [0.717, 1.165) is 6.42 Å². The summed E-state index contributed by atoms with van der Waals surface area (Å²) in [5.41, 5.74) is -0.455. The van der Waals surface area contributed by atoms with Crippen LogP contribution in [-0.2, 0) is 6.54 Å². The lowest BCUT2D eigenvalue weighted by atomic mass is 9.93. The highest BCUT2D eigenvalue weighted by Crippen LogP contribution is 2.42. The van der Waals surface area contributed by atoms with E-state index in [2.05, 4.69) is 22.8 Å². The number of rotatable bonds is 7. The molecule has 2 amide bonds. The molecule has 0 unspecified atom stereocenters. The highest BCUT2D eigenvalue weighted by Gasteiger charge is 2.35. The van der Waals surface area contributed by atoms with Gasteiger partial charge in [-0.1, -0.05) is 26.0 Å². The lowest BCUT2D eigenvalue weighted by Gasteiger charge is -2.19. The summed E-state index contributed by atoms with van der Waals surface area (Å²) in [5, 5.41) is 5.69. The Labute approximate surface area is 166 Å². The first-order chi connectivity index (χ1) is 13.2. The number of fused-ring (bicyclic) bond motifs is 2. The molecule has 1 fully saturated rings. The lowest BCUT2D eigenvalue weighted by molar-refractivity contribution is 0.0940. The van der Waals surface area contributed by atoms with Gasteiger partial charge in [-0.25, -0.2) is 0 Å². The molecule has 6 nitrogen and oxygen atoms in total. The minimum absolute atomic E-state index is 0.0184. The lowest BCUT2D eigenvalue weighted by Crippen LogP contribution is -2.39. The molecule has 2 bridgehead atoms. The van der Waals surface area contributed by atoms with Crippen LogP contribution in [0.1, 0.15) is 61.3 Å². The van der Waals surface area contributed by atoms with Gasteiger partial charge in [0.15, 0.2) is 0 Å². The maximum Gasteiger partial charge on any atom is 0.256 e. The van der Waals surface area contributed by atoms with Crippen molar-refractivity contribution in [2.45, 2.75) is 53.1 Å². The molecular formula is C22H31N3O3. The molecule has 2 aliphatic rings. The van der Waals surface area contributed by atoms with E-state index in [1.54, 1.807) is 17.0 Å². The Bertz CT molecular complexity index is 838. The number of nitrogens with zero attached hydrogens (tertiary/aromatic N) is 1. The first-order valence-corrected chi connectivity index (χ1v) is 10.3. The summed E-state index contributed by atoms with van der Waals surface area (Å²) in [4.78, 5) is 38.1. The van der Waals surface area contributed by atoms with Crippen LogP contribution >= 0.6 is 0 Å². The van der Waals surface area contributed by atoms with Crippen LogP contribution in [0.5, 0.6) is 0 Å². The zero-order valence-corrected chi connectivity index (χ0v) is 17.2. The Morgan fingerprint density at radius 1 is 1.07 bits per heavy atom. The molecule has 3 atom stereocenters. The standard InChI is InChI=1S/C22H31N3O3/c1-13(2)10-25-11-18(20(26)19(12-25)22(28)24-14(3)4)21(27)23-9-17-8-15-5-6-16(17)7-15/h5-6,11-17H,7-10H2,1-4H3,(H,23,27)(H,24,28)/t15-,16+,17-/m1/s1. The average Bonchev–Trinajstić information content (AvgIpc) is 3.22. The van der Waals surface area contributed by atoms with E-state index in [1.807, 2.05) is 27.7 Å². The summed E-state index contributed by atoms with van der Waals surface area (Å²) in [7, 11) is 0. The number of nitrogens with one attached hydrogen (secondary N) is 2. The highest BCUT2D eigenvalue weighted by molar-refractivity contribution is 5.99. The molecule has 28 heavy (non-hydrogen) atoms. The number of allylic oxidation sites excluding steroid dienone is 2. The summed E-state index contributed by atoms with van der Waals surface area (Å²) in [6.45, 7) is 8.97. The number of carbonyl (C=O) groups is 2. The van der Waals surface area contributed by atoms with E-state index in [1.165, 1.54) is 6.42 Å². The van der Waals surface area contributed by atoms with Gasteiger partial charge in [-0.2, -0.15) is 0 Å². The average molecular weight is 386 g/mol. The molecule has 1 aromatic rings. The van der Waals surface area contributed by atoms with Gasteiger partial charge >= 0.3 is 0 Å². The molecule has 152 valence electrons. The van der Waals surface area contributed by atoms with Crippen molar-refractivity contribution < 1.29 is 9.59 Å². The Morgan fingerprint density at radius 2 is 1.75 bits per heavy atom. The molecule has 0 radical (unpaired) electrons. The first kappa shape index (κ1) is 20.4. The highest BCUT2D eigenvalue weighted by atomic mass is 16.2. The molecule has 2 aliphatic carbocycles. The molecule has 0 spiro atoms.